The third-order valence-corrected chi connectivity index (χ3v) is 2.68. The lowest BCUT2D eigenvalue weighted by Gasteiger charge is -2.20. The Morgan fingerprint density at radius 1 is 1.17 bits per heavy atom. The zero-order valence-corrected chi connectivity index (χ0v) is 9.76. The van der Waals surface area contributed by atoms with Crippen molar-refractivity contribution in [1.82, 2.24) is 0 Å². The second-order valence-electron chi connectivity index (χ2n) is 3.85. The Bertz CT molecular complexity index is 602. The molecule has 0 atom stereocenters. The number of aromatic hydroxyl groups is 1. The Labute approximate surface area is 104 Å². The molecule has 0 bridgehead atoms. The highest BCUT2D eigenvalue weighted by molar-refractivity contribution is 5.69. The Kier molecular flexibility index (Phi) is 3.16. The number of phenolic OH excluding ortho intramolecular Hbond substituents is 1. The largest absolute Gasteiger partial charge is 0.508 e. The van der Waals surface area contributed by atoms with Gasteiger partial charge in [0.15, 0.2) is 0 Å². The number of hydrogen-bond acceptors (Lipinski definition) is 3. The van der Waals surface area contributed by atoms with Crippen LogP contribution in [-0.4, -0.2) is 12.2 Å². The fourth-order valence-electron chi connectivity index (χ4n) is 1.71. The Morgan fingerprint density at radius 2 is 1.83 bits per heavy atom. The Balaban J connectivity index is 2.43. The number of nitriles is 1. The number of phenols is 1. The van der Waals surface area contributed by atoms with Crippen LogP contribution < -0.4 is 4.90 Å². The average molecular weight is 242 g/mol. The minimum Gasteiger partial charge on any atom is -0.508 e. The molecule has 2 aromatic rings. The van der Waals surface area contributed by atoms with E-state index in [9.17, 15) is 9.50 Å². The number of halogens is 1. The van der Waals surface area contributed by atoms with Crippen LogP contribution in [-0.2, 0) is 0 Å². The van der Waals surface area contributed by atoms with Crippen LogP contribution >= 0.6 is 0 Å². The second-order valence-corrected chi connectivity index (χ2v) is 3.85. The minimum atomic E-state index is -0.436. The molecule has 0 saturated heterocycles. The molecule has 18 heavy (non-hydrogen) atoms. The highest BCUT2D eigenvalue weighted by atomic mass is 19.1. The van der Waals surface area contributed by atoms with Crippen LogP contribution in [0.4, 0.5) is 15.8 Å². The molecule has 0 fully saturated rings. The van der Waals surface area contributed by atoms with Gasteiger partial charge < -0.3 is 10.0 Å². The lowest BCUT2D eigenvalue weighted by molar-refractivity contribution is 0.475. The van der Waals surface area contributed by atoms with E-state index in [2.05, 4.69) is 0 Å². The molecular weight excluding hydrogens is 231 g/mol. The summed E-state index contributed by atoms with van der Waals surface area (Å²) in [4.78, 5) is 1.76. The van der Waals surface area contributed by atoms with Crippen molar-refractivity contribution in [3.63, 3.8) is 0 Å². The molecule has 90 valence electrons. The maximum absolute atomic E-state index is 13.1. The van der Waals surface area contributed by atoms with Crippen molar-refractivity contribution < 1.29 is 9.50 Å². The summed E-state index contributed by atoms with van der Waals surface area (Å²) in [5, 5.41) is 18.2. The standard InChI is InChI=1S/C14H11FN2O/c1-17(12-3-5-13(18)6-4-12)14-7-2-11(15)8-10(14)9-16/h2-8,18H,1H3. The van der Waals surface area contributed by atoms with Crippen molar-refractivity contribution >= 4 is 11.4 Å². The van der Waals surface area contributed by atoms with Crippen molar-refractivity contribution in [2.45, 2.75) is 0 Å². The Morgan fingerprint density at radius 3 is 2.44 bits per heavy atom. The van der Waals surface area contributed by atoms with Crippen LogP contribution in [0.3, 0.4) is 0 Å². The topological polar surface area (TPSA) is 47.3 Å². The van der Waals surface area contributed by atoms with Gasteiger partial charge in [0.1, 0.15) is 17.6 Å². The maximum Gasteiger partial charge on any atom is 0.124 e. The van der Waals surface area contributed by atoms with E-state index in [-0.39, 0.29) is 11.3 Å². The summed E-state index contributed by atoms with van der Waals surface area (Å²) in [5.74, 6) is -0.263. The summed E-state index contributed by atoms with van der Waals surface area (Å²) < 4.78 is 13.1. The minimum absolute atomic E-state index is 0.173. The van der Waals surface area contributed by atoms with E-state index in [1.165, 1.54) is 12.1 Å². The summed E-state index contributed by atoms with van der Waals surface area (Å²) in [5.41, 5.74) is 1.69. The van der Waals surface area contributed by atoms with Crippen molar-refractivity contribution in [2.75, 3.05) is 11.9 Å². The van der Waals surface area contributed by atoms with Gasteiger partial charge in [0.05, 0.1) is 11.3 Å². The molecule has 0 aliphatic carbocycles. The van der Waals surface area contributed by atoms with Crippen LogP contribution in [0.15, 0.2) is 42.5 Å². The van der Waals surface area contributed by atoms with Crippen LogP contribution in [0.1, 0.15) is 5.56 Å². The molecule has 0 aliphatic heterocycles. The molecule has 3 nitrogen and oxygen atoms in total. The second kappa shape index (κ2) is 4.76. The predicted octanol–water partition coefficient (Wildman–Crippen LogP) is 3.17. The van der Waals surface area contributed by atoms with Gasteiger partial charge in [-0.15, -0.1) is 0 Å². The average Bonchev–Trinajstić information content (AvgIpc) is 2.38. The first-order chi connectivity index (χ1) is 8.61. The third kappa shape index (κ3) is 2.25. The van der Waals surface area contributed by atoms with Crippen molar-refractivity contribution in [2.24, 2.45) is 0 Å². The van der Waals surface area contributed by atoms with Gasteiger partial charge in [-0.05, 0) is 42.5 Å². The summed E-state index contributed by atoms with van der Waals surface area (Å²) in [6, 6.07) is 12.6. The molecule has 0 spiro atoms. The number of nitrogens with zero attached hydrogens (tertiary/aromatic N) is 2. The van der Waals surface area contributed by atoms with E-state index >= 15 is 0 Å². The van der Waals surface area contributed by atoms with Gasteiger partial charge in [-0.1, -0.05) is 0 Å². The first kappa shape index (κ1) is 11.9. The molecule has 4 heteroatoms. The first-order valence-electron chi connectivity index (χ1n) is 5.34. The predicted molar refractivity (Wildman–Crippen MR) is 67.3 cm³/mol. The van der Waals surface area contributed by atoms with E-state index in [1.807, 2.05) is 6.07 Å². The molecule has 0 aliphatic rings. The zero-order chi connectivity index (χ0) is 13.1. The summed E-state index contributed by atoms with van der Waals surface area (Å²) >= 11 is 0. The monoisotopic (exact) mass is 242 g/mol. The number of hydrogen-bond donors (Lipinski definition) is 1. The van der Waals surface area contributed by atoms with Crippen molar-refractivity contribution in [3.8, 4) is 11.8 Å². The van der Waals surface area contributed by atoms with Gasteiger partial charge in [0.25, 0.3) is 0 Å². The number of anilines is 2. The van der Waals surface area contributed by atoms with E-state index in [1.54, 1.807) is 42.3 Å². The van der Waals surface area contributed by atoms with Crippen molar-refractivity contribution in [3.05, 3.63) is 53.8 Å². The van der Waals surface area contributed by atoms with Gasteiger partial charge >= 0.3 is 0 Å². The van der Waals surface area contributed by atoms with Crippen LogP contribution in [0, 0.1) is 17.1 Å². The van der Waals surface area contributed by atoms with Gasteiger partial charge in [0, 0.05) is 12.7 Å². The zero-order valence-electron chi connectivity index (χ0n) is 9.76. The molecule has 0 saturated carbocycles. The Hall–Kier alpha value is -2.54. The smallest absolute Gasteiger partial charge is 0.124 e. The van der Waals surface area contributed by atoms with Crippen LogP contribution in [0.5, 0.6) is 5.75 Å². The fraction of sp³-hybridized carbons (Fsp3) is 0.0714. The van der Waals surface area contributed by atoms with E-state index in [0.717, 1.165) is 5.69 Å². The molecule has 0 radical (unpaired) electrons. The molecular formula is C14H11FN2O. The maximum atomic E-state index is 13.1. The van der Waals surface area contributed by atoms with E-state index < -0.39 is 5.82 Å². The first-order valence-corrected chi connectivity index (χ1v) is 5.34. The molecule has 2 aromatic carbocycles. The molecule has 0 aromatic heterocycles. The molecule has 1 N–H and O–H groups in total. The van der Waals surface area contributed by atoms with E-state index in [0.29, 0.717) is 5.69 Å². The van der Waals surface area contributed by atoms with Gasteiger partial charge in [-0.25, -0.2) is 4.39 Å². The van der Waals surface area contributed by atoms with E-state index in [4.69, 9.17) is 5.26 Å². The fourth-order valence-corrected chi connectivity index (χ4v) is 1.71. The normalized spacial score (nSPS) is 9.83. The van der Waals surface area contributed by atoms with Gasteiger partial charge in [-0.3, -0.25) is 0 Å². The van der Waals surface area contributed by atoms with Gasteiger partial charge in [0.2, 0.25) is 0 Å². The summed E-state index contributed by atoms with van der Waals surface area (Å²) in [7, 11) is 1.78. The van der Waals surface area contributed by atoms with Crippen LogP contribution in [0.2, 0.25) is 0 Å². The number of benzene rings is 2. The molecule has 0 unspecified atom stereocenters. The summed E-state index contributed by atoms with van der Waals surface area (Å²) in [6.07, 6.45) is 0. The quantitative estimate of drug-likeness (QED) is 0.879. The molecule has 2 rings (SSSR count). The lowest BCUT2D eigenvalue weighted by atomic mass is 10.1. The van der Waals surface area contributed by atoms with Crippen molar-refractivity contribution in [1.29, 1.82) is 5.26 Å². The highest BCUT2D eigenvalue weighted by Gasteiger charge is 2.10. The summed E-state index contributed by atoms with van der Waals surface area (Å²) in [6.45, 7) is 0. The molecule has 0 heterocycles. The number of rotatable bonds is 2. The van der Waals surface area contributed by atoms with Crippen LogP contribution in [0.25, 0.3) is 0 Å². The SMILES string of the molecule is CN(c1ccc(O)cc1)c1ccc(F)cc1C#N. The third-order valence-electron chi connectivity index (χ3n) is 2.68. The molecule has 0 amide bonds. The highest BCUT2D eigenvalue weighted by Crippen LogP contribution is 2.28. The van der Waals surface area contributed by atoms with Gasteiger partial charge in [-0.2, -0.15) is 5.26 Å². The lowest BCUT2D eigenvalue weighted by Crippen LogP contribution is -2.11.